The van der Waals surface area contributed by atoms with Gasteiger partial charge in [-0.1, -0.05) is 22.0 Å². The van der Waals surface area contributed by atoms with E-state index in [-0.39, 0.29) is 12.4 Å². The molecule has 0 heterocycles. The predicted molar refractivity (Wildman–Crippen MR) is 81.4 cm³/mol. The lowest BCUT2D eigenvalue weighted by Gasteiger charge is -2.10. The van der Waals surface area contributed by atoms with Crippen molar-refractivity contribution in [1.29, 1.82) is 0 Å². The van der Waals surface area contributed by atoms with Gasteiger partial charge in [-0.2, -0.15) is 0 Å². The molecule has 2 aromatic carbocycles. The van der Waals surface area contributed by atoms with Gasteiger partial charge in [0.2, 0.25) is 0 Å². The van der Waals surface area contributed by atoms with Gasteiger partial charge in [0.15, 0.2) is 6.61 Å². The minimum absolute atomic E-state index is 0.225. The Balaban J connectivity index is 1.85. The van der Waals surface area contributed by atoms with Crippen molar-refractivity contribution in [1.82, 2.24) is 0 Å². The van der Waals surface area contributed by atoms with E-state index in [1.807, 2.05) is 6.07 Å². The highest BCUT2D eigenvalue weighted by molar-refractivity contribution is 9.10. The average Bonchev–Trinajstić information content (AvgIpc) is 2.46. The molecule has 0 aromatic heterocycles. The van der Waals surface area contributed by atoms with Crippen LogP contribution in [0.1, 0.15) is 0 Å². The Labute approximate surface area is 138 Å². The van der Waals surface area contributed by atoms with Gasteiger partial charge in [0.1, 0.15) is 11.5 Å². The number of ether oxygens (including phenoxy) is 2. The first-order valence-corrected chi connectivity index (χ1v) is 7.15. The fourth-order valence-corrected chi connectivity index (χ4v) is 2.02. The number of halogens is 4. The number of carbonyl (C=O) groups is 1. The molecule has 1 amide bonds. The van der Waals surface area contributed by atoms with E-state index in [2.05, 4.69) is 26.0 Å². The smallest absolute Gasteiger partial charge is 0.484 e. The van der Waals surface area contributed by atoms with E-state index < -0.39 is 12.3 Å². The number of alkyl halides is 3. The van der Waals surface area contributed by atoms with Crippen LogP contribution < -0.4 is 14.8 Å². The number of rotatable bonds is 5. The molecular weight excluding hydrogens is 379 g/mol. The van der Waals surface area contributed by atoms with Crippen LogP contribution in [0.15, 0.2) is 53.0 Å². The van der Waals surface area contributed by atoms with Crippen LogP contribution in [0.4, 0.5) is 18.9 Å². The Hall–Kier alpha value is -2.22. The lowest BCUT2D eigenvalue weighted by molar-refractivity contribution is -0.274. The Morgan fingerprint density at radius 2 is 1.78 bits per heavy atom. The van der Waals surface area contributed by atoms with E-state index in [9.17, 15) is 18.0 Å². The standard InChI is InChI=1S/C15H11BrF3NO3/c16-10-2-1-3-13(8-10)22-9-14(21)20-11-4-6-12(7-5-11)23-15(17,18)19/h1-8H,9H2,(H,20,21). The van der Waals surface area contributed by atoms with Gasteiger partial charge in [0, 0.05) is 10.2 Å². The van der Waals surface area contributed by atoms with Crippen LogP contribution in [0.2, 0.25) is 0 Å². The molecule has 0 bridgehead atoms. The number of benzene rings is 2. The van der Waals surface area contributed by atoms with Crippen molar-refractivity contribution >= 4 is 27.5 Å². The summed E-state index contributed by atoms with van der Waals surface area (Å²) >= 11 is 3.28. The maximum Gasteiger partial charge on any atom is 0.573 e. The molecule has 1 N–H and O–H groups in total. The number of hydrogen-bond donors (Lipinski definition) is 1. The molecule has 0 saturated heterocycles. The monoisotopic (exact) mass is 389 g/mol. The topological polar surface area (TPSA) is 47.6 Å². The van der Waals surface area contributed by atoms with Crippen LogP contribution in [0.5, 0.6) is 11.5 Å². The minimum atomic E-state index is -4.75. The van der Waals surface area contributed by atoms with Crippen molar-refractivity contribution in [2.75, 3.05) is 11.9 Å². The molecule has 0 fully saturated rings. The van der Waals surface area contributed by atoms with Gasteiger partial charge >= 0.3 is 6.36 Å². The van der Waals surface area contributed by atoms with Gasteiger partial charge < -0.3 is 14.8 Å². The molecule has 0 unspecified atom stereocenters. The van der Waals surface area contributed by atoms with E-state index >= 15 is 0 Å². The predicted octanol–water partition coefficient (Wildman–Crippen LogP) is 4.37. The van der Waals surface area contributed by atoms with Crippen molar-refractivity contribution in [2.45, 2.75) is 6.36 Å². The van der Waals surface area contributed by atoms with Crippen molar-refractivity contribution in [3.05, 3.63) is 53.0 Å². The third-order valence-electron chi connectivity index (χ3n) is 2.54. The molecule has 0 aliphatic carbocycles. The summed E-state index contributed by atoms with van der Waals surface area (Å²) in [5, 5.41) is 2.50. The molecular formula is C15H11BrF3NO3. The highest BCUT2D eigenvalue weighted by atomic mass is 79.9. The summed E-state index contributed by atoms with van der Waals surface area (Å²) in [6.45, 7) is -0.225. The summed E-state index contributed by atoms with van der Waals surface area (Å²) in [5.74, 6) is -0.279. The lowest BCUT2D eigenvalue weighted by Crippen LogP contribution is -2.20. The minimum Gasteiger partial charge on any atom is -0.484 e. The number of amides is 1. The van der Waals surface area contributed by atoms with Crippen LogP contribution in [-0.4, -0.2) is 18.9 Å². The molecule has 0 atom stereocenters. The third-order valence-corrected chi connectivity index (χ3v) is 3.03. The van der Waals surface area contributed by atoms with E-state index in [0.717, 1.165) is 16.6 Å². The maximum atomic E-state index is 12.0. The summed E-state index contributed by atoms with van der Waals surface area (Å²) in [7, 11) is 0. The highest BCUT2D eigenvalue weighted by Gasteiger charge is 2.30. The third kappa shape index (κ3) is 6.19. The van der Waals surface area contributed by atoms with Crippen molar-refractivity contribution in [3.8, 4) is 11.5 Å². The summed E-state index contributed by atoms with van der Waals surface area (Å²) in [6.07, 6.45) is -4.75. The molecule has 0 aliphatic heterocycles. The first-order valence-electron chi connectivity index (χ1n) is 6.36. The van der Waals surface area contributed by atoms with E-state index in [1.165, 1.54) is 12.1 Å². The average molecular weight is 390 g/mol. The SMILES string of the molecule is O=C(COc1cccc(Br)c1)Nc1ccc(OC(F)(F)F)cc1. The molecule has 2 rings (SSSR count). The van der Waals surface area contributed by atoms with Crippen LogP contribution in [-0.2, 0) is 4.79 Å². The molecule has 0 radical (unpaired) electrons. The summed E-state index contributed by atoms with van der Waals surface area (Å²) in [4.78, 5) is 11.7. The van der Waals surface area contributed by atoms with Crippen molar-refractivity contribution in [3.63, 3.8) is 0 Å². The summed E-state index contributed by atoms with van der Waals surface area (Å²) in [5.41, 5.74) is 0.336. The van der Waals surface area contributed by atoms with Crippen LogP contribution in [0.25, 0.3) is 0 Å². The molecule has 8 heteroatoms. The largest absolute Gasteiger partial charge is 0.573 e. The summed E-state index contributed by atoms with van der Waals surface area (Å²) < 4.78 is 45.9. The van der Waals surface area contributed by atoms with Gasteiger partial charge in [-0.3, -0.25) is 4.79 Å². The molecule has 0 aliphatic rings. The fraction of sp³-hybridized carbons (Fsp3) is 0.133. The van der Waals surface area contributed by atoms with E-state index in [4.69, 9.17) is 4.74 Å². The molecule has 4 nitrogen and oxygen atoms in total. The number of anilines is 1. The molecule has 23 heavy (non-hydrogen) atoms. The van der Waals surface area contributed by atoms with Crippen LogP contribution >= 0.6 is 15.9 Å². The van der Waals surface area contributed by atoms with Gasteiger partial charge in [-0.25, -0.2) is 0 Å². The van der Waals surface area contributed by atoms with E-state index in [1.54, 1.807) is 18.2 Å². The van der Waals surface area contributed by atoms with Gasteiger partial charge in [-0.15, -0.1) is 13.2 Å². The Morgan fingerprint density at radius 1 is 1.09 bits per heavy atom. The fourth-order valence-electron chi connectivity index (χ4n) is 1.64. The van der Waals surface area contributed by atoms with Gasteiger partial charge in [-0.05, 0) is 42.5 Å². The highest BCUT2D eigenvalue weighted by Crippen LogP contribution is 2.24. The van der Waals surface area contributed by atoms with E-state index in [0.29, 0.717) is 11.4 Å². The Kier molecular flexibility index (Phi) is 5.49. The normalized spacial score (nSPS) is 11.0. The second-order valence-corrected chi connectivity index (χ2v) is 5.28. The first-order chi connectivity index (χ1) is 10.8. The zero-order valence-corrected chi connectivity index (χ0v) is 13.1. The molecule has 122 valence electrons. The lowest BCUT2D eigenvalue weighted by atomic mass is 10.3. The Morgan fingerprint density at radius 3 is 2.39 bits per heavy atom. The zero-order chi connectivity index (χ0) is 16.9. The molecule has 0 saturated carbocycles. The number of nitrogens with one attached hydrogen (secondary N) is 1. The van der Waals surface area contributed by atoms with Crippen LogP contribution in [0, 0.1) is 0 Å². The number of hydrogen-bond acceptors (Lipinski definition) is 3. The van der Waals surface area contributed by atoms with Gasteiger partial charge in [0.05, 0.1) is 0 Å². The van der Waals surface area contributed by atoms with Gasteiger partial charge in [0.25, 0.3) is 5.91 Å². The van der Waals surface area contributed by atoms with Crippen molar-refractivity contribution < 1.29 is 27.4 Å². The zero-order valence-electron chi connectivity index (χ0n) is 11.6. The maximum absolute atomic E-state index is 12.0. The molecule has 0 spiro atoms. The first kappa shape index (κ1) is 17.1. The number of carbonyl (C=O) groups excluding carboxylic acids is 1. The second-order valence-electron chi connectivity index (χ2n) is 4.37. The quantitative estimate of drug-likeness (QED) is 0.825. The Bertz CT molecular complexity index is 674. The molecule has 2 aromatic rings. The second kappa shape index (κ2) is 7.36. The van der Waals surface area contributed by atoms with Crippen LogP contribution in [0.3, 0.4) is 0 Å². The van der Waals surface area contributed by atoms with Crippen molar-refractivity contribution in [2.24, 2.45) is 0 Å². The summed E-state index contributed by atoms with van der Waals surface area (Å²) in [6, 6.07) is 11.8.